The number of amides is 2. The van der Waals surface area contributed by atoms with Crippen molar-refractivity contribution in [2.24, 2.45) is 17.1 Å². The molecule has 1 atom stereocenters. The summed E-state index contributed by atoms with van der Waals surface area (Å²) in [5, 5.41) is 5.83. The third kappa shape index (κ3) is 5.11. The van der Waals surface area contributed by atoms with Gasteiger partial charge in [0.15, 0.2) is 0 Å². The number of nitrogens with one attached hydrogen (secondary N) is 2. The molecule has 0 aromatic carbocycles. The van der Waals surface area contributed by atoms with E-state index in [-0.39, 0.29) is 18.4 Å². The number of rotatable bonds is 7. The molecule has 0 aliphatic heterocycles. The summed E-state index contributed by atoms with van der Waals surface area (Å²) in [6.45, 7) is 9.01. The van der Waals surface area contributed by atoms with E-state index in [9.17, 15) is 9.59 Å². The van der Waals surface area contributed by atoms with Crippen molar-refractivity contribution < 1.29 is 9.59 Å². The minimum atomic E-state index is -0.701. The molecule has 94 valence electrons. The van der Waals surface area contributed by atoms with Gasteiger partial charge in [-0.15, -0.1) is 0 Å². The van der Waals surface area contributed by atoms with Crippen molar-refractivity contribution in [1.29, 1.82) is 0 Å². The lowest BCUT2D eigenvalue weighted by molar-refractivity contribution is -0.128. The summed E-state index contributed by atoms with van der Waals surface area (Å²) in [6, 6.07) is 0. The predicted molar refractivity (Wildman–Crippen MR) is 63.7 cm³/mol. The van der Waals surface area contributed by atoms with Gasteiger partial charge < -0.3 is 16.4 Å². The van der Waals surface area contributed by atoms with Crippen LogP contribution in [0.25, 0.3) is 0 Å². The van der Waals surface area contributed by atoms with Gasteiger partial charge in [-0.25, -0.2) is 0 Å². The Balaban J connectivity index is 4.02. The molecular formula is C11H23N3O2. The first-order chi connectivity index (χ1) is 7.31. The van der Waals surface area contributed by atoms with Crippen LogP contribution in [0, 0.1) is 11.3 Å². The van der Waals surface area contributed by atoms with E-state index in [2.05, 4.69) is 10.6 Å². The van der Waals surface area contributed by atoms with Crippen LogP contribution in [0.3, 0.4) is 0 Å². The van der Waals surface area contributed by atoms with Crippen LogP contribution in [0.5, 0.6) is 0 Å². The number of primary amides is 1. The van der Waals surface area contributed by atoms with E-state index in [4.69, 9.17) is 5.73 Å². The Morgan fingerprint density at radius 3 is 2.38 bits per heavy atom. The molecule has 0 aromatic heterocycles. The molecule has 0 rings (SSSR count). The summed E-state index contributed by atoms with van der Waals surface area (Å²) in [5.41, 5.74) is 4.51. The van der Waals surface area contributed by atoms with Gasteiger partial charge in [-0.3, -0.25) is 9.59 Å². The van der Waals surface area contributed by atoms with Gasteiger partial charge in [0.05, 0.1) is 5.41 Å². The maximum absolute atomic E-state index is 11.6. The second-order valence-corrected chi connectivity index (χ2v) is 4.67. The van der Waals surface area contributed by atoms with Crippen molar-refractivity contribution in [3.8, 4) is 0 Å². The quantitative estimate of drug-likeness (QED) is 0.568. The molecule has 0 saturated carbocycles. The first-order valence-electron chi connectivity index (χ1n) is 5.59. The Bertz CT molecular complexity index is 252. The van der Waals surface area contributed by atoms with Gasteiger partial charge >= 0.3 is 0 Å². The molecular weight excluding hydrogens is 206 g/mol. The first kappa shape index (κ1) is 14.9. The fourth-order valence-electron chi connectivity index (χ4n) is 1.02. The van der Waals surface area contributed by atoms with Crippen LogP contribution in [0.15, 0.2) is 0 Å². The van der Waals surface area contributed by atoms with Crippen LogP contribution in [-0.4, -0.2) is 31.4 Å². The average Bonchev–Trinajstić information content (AvgIpc) is 2.22. The van der Waals surface area contributed by atoms with Crippen molar-refractivity contribution in [2.45, 2.75) is 27.7 Å². The van der Waals surface area contributed by atoms with Crippen molar-refractivity contribution >= 4 is 11.8 Å². The smallest absolute Gasteiger partial charge is 0.224 e. The minimum Gasteiger partial charge on any atom is -0.369 e. The molecule has 5 heteroatoms. The van der Waals surface area contributed by atoms with E-state index in [1.165, 1.54) is 0 Å². The van der Waals surface area contributed by atoms with Crippen molar-refractivity contribution in [2.75, 3.05) is 19.6 Å². The molecule has 0 fully saturated rings. The molecule has 0 saturated heterocycles. The largest absolute Gasteiger partial charge is 0.369 e. The van der Waals surface area contributed by atoms with Crippen molar-refractivity contribution in [1.82, 2.24) is 10.6 Å². The third-order valence-corrected chi connectivity index (χ3v) is 2.52. The highest BCUT2D eigenvalue weighted by Gasteiger charge is 2.26. The highest BCUT2D eigenvalue weighted by Crippen LogP contribution is 2.12. The maximum Gasteiger partial charge on any atom is 0.224 e. The lowest BCUT2D eigenvalue weighted by atomic mass is 9.92. The molecule has 0 spiro atoms. The first-order valence-corrected chi connectivity index (χ1v) is 5.59. The lowest BCUT2D eigenvalue weighted by Crippen LogP contribution is -2.45. The summed E-state index contributed by atoms with van der Waals surface area (Å²) in [5.74, 6) is -0.578. The summed E-state index contributed by atoms with van der Waals surface area (Å²) < 4.78 is 0. The van der Waals surface area contributed by atoms with Gasteiger partial charge in [-0.2, -0.15) is 0 Å². The van der Waals surface area contributed by atoms with Crippen LogP contribution in [0.1, 0.15) is 27.7 Å². The fraction of sp³-hybridized carbons (Fsp3) is 0.818. The summed E-state index contributed by atoms with van der Waals surface area (Å²) in [7, 11) is 0. The SMILES string of the molecule is CCNCC(C)C(=O)NCC(C)(C)C(N)=O. The standard InChI is InChI=1S/C11H23N3O2/c1-5-13-6-8(2)9(15)14-7-11(3,4)10(12)16/h8,13H,5-7H2,1-4H3,(H2,12,16)(H,14,15). The van der Waals surface area contributed by atoms with E-state index in [1.54, 1.807) is 13.8 Å². The molecule has 1 unspecified atom stereocenters. The summed E-state index contributed by atoms with van der Waals surface area (Å²) >= 11 is 0. The van der Waals surface area contributed by atoms with E-state index in [0.717, 1.165) is 6.54 Å². The molecule has 0 bridgehead atoms. The highest BCUT2D eigenvalue weighted by molar-refractivity contribution is 5.82. The average molecular weight is 229 g/mol. The molecule has 4 N–H and O–H groups in total. The molecule has 0 aliphatic carbocycles. The number of hydrogen-bond donors (Lipinski definition) is 3. The van der Waals surface area contributed by atoms with E-state index < -0.39 is 11.3 Å². The molecule has 16 heavy (non-hydrogen) atoms. The molecule has 0 aliphatic rings. The Labute approximate surface area is 97.2 Å². The van der Waals surface area contributed by atoms with Crippen LogP contribution in [0.2, 0.25) is 0 Å². The van der Waals surface area contributed by atoms with Gasteiger partial charge in [0.1, 0.15) is 0 Å². The zero-order chi connectivity index (χ0) is 12.8. The number of carbonyl (C=O) groups excluding carboxylic acids is 2. The van der Waals surface area contributed by atoms with Crippen LogP contribution in [-0.2, 0) is 9.59 Å². The van der Waals surface area contributed by atoms with E-state index >= 15 is 0 Å². The number of carbonyl (C=O) groups is 2. The molecule has 0 heterocycles. The Morgan fingerprint density at radius 1 is 1.38 bits per heavy atom. The molecule has 5 nitrogen and oxygen atoms in total. The van der Waals surface area contributed by atoms with Crippen LogP contribution < -0.4 is 16.4 Å². The molecule has 0 aromatic rings. The van der Waals surface area contributed by atoms with E-state index in [1.807, 2.05) is 13.8 Å². The lowest BCUT2D eigenvalue weighted by Gasteiger charge is -2.22. The maximum atomic E-state index is 11.6. The van der Waals surface area contributed by atoms with Gasteiger partial charge in [-0.05, 0) is 20.4 Å². The zero-order valence-electron chi connectivity index (χ0n) is 10.6. The van der Waals surface area contributed by atoms with Gasteiger partial charge in [0, 0.05) is 19.0 Å². The second kappa shape index (κ2) is 6.48. The normalized spacial score (nSPS) is 13.2. The van der Waals surface area contributed by atoms with Gasteiger partial charge in [0.2, 0.25) is 11.8 Å². The Kier molecular flexibility index (Phi) is 6.03. The Morgan fingerprint density at radius 2 is 1.94 bits per heavy atom. The highest BCUT2D eigenvalue weighted by atomic mass is 16.2. The number of hydrogen-bond acceptors (Lipinski definition) is 3. The monoisotopic (exact) mass is 229 g/mol. The Hall–Kier alpha value is -1.10. The summed E-state index contributed by atoms with van der Waals surface area (Å²) in [4.78, 5) is 22.6. The topological polar surface area (TPSA) is 84.2 Å². The molecule has 2 amide bonds. The molecule has 0 radical (unpaired) electrons. The van der Waals surface area contributed by atoms with Crippen LogP contribution in [0.4, 0.5) is 0 Å². The van der Waals surface area contributed by atoms with E-state index in [0.29, 0.717) is 6.54 Å². The van der Waals surface area contributed by atoms with Gasteiger partial charge in [-0.1, -0.05) is 13.8 Å². The third-order valence-electron chi connectivity index (χ3n) is 2.52. The fourth-order valence-corrected chi connectivity index (χ4v) is 1.02. The zero-order valence-corrected chi connectivity index (χ0v) is 10.6. The second-order valence-electron chi connectivity index (χ2n) is 4.67. The van der Waals surface area contributed by atoms with Gasteiger partial charge in [0.25, 0.3) is 0 Å². The summed E-state index contributed by atoms with van der Waals surface area (Å²) in [6.07, 6.45) is 0. The van der Waals surface area contributed by atoms with Crippen molar-refractivity contribution in [3.05, 3.63) is 0 Å². The predicted octanol–water partition coefficient (Wildman–Crippen LogP) is -0.140. The minimum absolute atomic E-state index is 0.0599. The van der Waals surface area contributed by atoms with Crippen molar-refractivity contribution in [3.63, 3.8) is 0 Å². The number of nitrogens with two attached hydrogens (primary N) is 1. The van der Waals surface area contributed by atoms with Crippen LogP contribution >= 0.6 is 0 Å².